The molecule has 2 unspecified atom stereocenters. The Morgan fingerprint density at radius 2 is 1.06 bits per heavy atom. The van der Waals surface area contributed by atoms with Crippen LogP contribution in [0.3, 0.4) is 0 Å². The SMILES string of the molecule is O=C(CCCCOCCO)CNC(=O)C(Cc1ccccc1)NC(=O)CC(=O)NC(Cc1ccccc1)C(=O)NCC(=O)NCCCOCCO. The second-order valence-electron chi connectivity index (χ2n) is 11.6. The molecule has 0 saturated carbocycles. The monoisotopic (exact) mass is 713 g/mol. The molecule has 0 bridgehead atoms. The number of benzene rings is 2. The van der Waals surface area contributed by atoms with Gasteiger partial charge in [-0.25, -0.2) is 0 Å². The van der Waals surface area contributed by atoms with Gasteiger partial charge < -0.3 is 46.3 Å². The molecule has 2 atom stereocenters. The van der Waals surface area contributed by atoms with E-state index < -0.39 is 48.0 Å². The van der Waals surface area contributed by atoms with Crippen molar-refractivity contribution in [3.8, 4) is 0 Å². The third-order valence-electron chi connectivity index (χ3n) is 7.33. The highest BCUT2D eigenvalue weighted by atomic mass is 16.5. The minimum Gasteiger partial charge on any atom is -0.394 e. The van der Waals surface area contributed by atoms with Crippen molar-refractivity contribution in [3.05, 3.63) is 71.8 Å². The summed E-state index contributed by atoms with van der Waals surface area (Å²) < 4.78 is 10.3. The van der Waals surface area contributed by atoms with Crippen LogP contribution < -0.4 is 26.6 Å². The third kappa shape index (κ3) is 19.9. The van der Waals surface area contributed by atoms with Gasteiger partial charge in [0, 0.05) is 39.0 Å². The van der Waals surface area contributed by atoms with Crippen molar-refractivity contribution in [2.24, 2.45) is 0 Å². The highest BCUT2D eigenvalue weighted by molar-refractivity contribution is 6.01. The van der Waals surface area contributed by atoms with Crippen LogP contribution in [-0.2, 0) is 51.1 Å². The predicted molar refractivity (Wildman–Crippen MR) is 187 cm³/mol. The van der Waals surface area contributed by atoms with E-state index in [-0.39, 0.29) is 64.6 Å². The first-order chi connectivity index (χ1) is 24.7. The Hall–Kier alpha value is -4.70. The van der Waals surface area contributed by atoms with Crippen LogP contribution in [0.2, 0.25) is 0 Å². The Labute approximate surface area is 298 Å². The second kappa shape index (κ2) is 26.2. The summed E-state index contributed by atoms with van der Waals surface area (Å²) in [5, 5.41) is 30.4. The standard InChI is InChI=1S/C36H51N5O10/c42-16-20-50-18-8-7-14-29(44)25-38-35(48)30(22-27-10-3-1-4-11-27)40-32(45)24-33(46)41-31(23-28-12-5-2-6-13-28)36(49)39-26-34(47)37-15-9-19-51-21-17-43/h1-6,10-13,30-31,42-43H,7-9,14-26H2,(H,37,47)(H,38,48)(H,39,49)(H,40,45)(H,41,46). The van der Waals surface area contributed by atoms with Gasteiger partial charge in [0.2, 0.25) is 29.5 Å². The lowest BCUT2D eigenvalue weighted by molar-refractivity contribution is -0.135. The molecular formula is C36H51N5O10. The average molecular weight is 714 g/mol. The zero-order valence-corrected chi connectivity index (χ0v) is 28.9. The number of amides is 5. The molecule has 0 heterocycles. The van der Waals surface area contributed by atoms with Crippen LogP contribution in [0.1, 0.15) is 43.2 Å². The van der Waals surface area contributed by atoms with Gasteiger partial charge in [0.25, 0.3) is 0 Å². The average Bonchev–Trinajstić information content (AvgIpc) is 3.12. The van der Waals surface area contributed by atoms with Crippen LogP contribution in [-0.4, -0.2) is 117 Å². The number of carbonyl (C=O) groups excluding carboxylic acids is 6. The van der Waals surface area contributed by atoms with Crippen LogP contribution >= 0.6 is 0 Å². The number of nitrogens with one attached hydrogen (secondary N) is 5. The smallest absolute Gasteiger partial charge is 0.243 e. The zero-order chi connectivity index (χ0) is 37.1. The number of ketones is 1. The number of unbranched alkanes of at least 4 members (excludes halogenated alkanes) is 1. The number of aliphatic hydroxyl groups excluding tert-OH is 2. The molecule has 2 aromatic rings. The minimum absolute atomic E-state index is 0.0737. The van der Waals surface area contributed by atoms with Gasteiger partial charge in [0.05, 0.1) is 39.5 Å². The number of hydrogen-bond donors (Lipinski definition) is 7. The number of hydrogen-bond acceptors (Lipinski definition) is 10. The third-order valence-corrected chi connectivity index (χ3v) is 7.33. The fourth-order valence-corrected chi connectivity index (χ4v) is 4.77. The van der Waals surface area contributed by atoms with Crippen LogP contribution in [0, 0.1) is 0 Å². The summed E-state index contributed by atoms with van der Waals surface area (Å²) in [6.45, 7) is 0.780. The first kappa shape index (κ1) is 42.5. The normalized spacial score (nSPS) is 11.9. The molecule has 2 aromatic carbocycles. The molecule has 0 aliphatic heterocycles. The summed E-state index contributed by atoms with van der Waals surface area (Å²) >= 11 is 0. The lowest BCUT2D eigenvalue weighted by atomic mass is 10.0. The van der Waals surface area contributed by atoms with E-state index in [1.54, 1.807) is 54.6 Å². The molecule has 0 spiro atoms. The molecule has 0 aliphatic carbocycles. The van der Waals surface area contributed by atoms with Crippen molar-refractivity contribution >= 4 is 35.3 Å². The molecule has 15 heteroatoms. The van der Waals surface area contributed by atoms with Gasteiger partial charge in [0.15, 0.2) is 5.78 Å². The van der Waals surface area contributed by atoms with Crippen LogP contribution in [0.15, 0.2) is 60.7 Å². The number of rotatable bonds is 27. The molecule has 15 nitrogen and oxygen atoms in total. The van der Waals surface area contributed by atoms with Crippen molar-refractivity contribution in [3.63, 3.8) is 0 Å². The summed E-state index contributed by atoms with van der Waals surface area (Å²) in [5.41, 5.74) is 1.48. The quantitative estimate of drug-likeness (QED) is 0.0457. The fourth-order valence-electron chi connectivity index (χ4n) is 4.77. The molecule has 7 N–H and O–H groups in total. The number of Topliss-reactive ketones (excluding diaryl/α,β-unsaturated/α-hetero) is 1. The summed E-state index contributed by atoms with van der Waals surface area (Å²) in [7, 11) is 0. The topological polar surface area (TPSA) is 221 Å². The van der Waals surface area contributed by atoms with Crippen molar-refractivity contribution in [2.75, 3.05) is 59.3 Å². The molecule has 5 amide bonds. The Bertz CT molecular complexity index is 1240. The van der Waals surface area contributed by atoms with Gasteiger partial charge >= 0.3 is 0 Å². The van der Waals surface area contributed by atoms with E-state index in [0.29, 0.717) is 39.0 Å². The van der Waals surface area contributed by atoms with E-state index in [0.717, 1.165) is 11.1 Å². The highest BCUT2D eigenvalue weighted by Crippen LogP contribution is 2.06. The molecule has 2 rings (SSSR count). The predicted octanol–water partition coefficient (Wildman–Crippen LogP) is -0.673. The van der Waals surface area contributed by atoms with Gasteiger partial charge in [-0.15, -0.1) is 0 Å². The van der Waals surface area contributed by atoms with E-state index in [9.17, 15) is 28.8 Å². The van der Waals surface area contributed by atoms with Crippen molar-refractivity contribution in [1.29, 1.82) is 0 Å². The van der Waals surface area contributed by atoms with Gasteiger partial charge in [-0.1, -0.05) is 60.7 Å². The van der Waals surface area contributed by atoms with E-state index in [2.05, 4.69) is 26.6 Å². The number of aliphatic hydroxyl groups is 2. The Kier molecular flexibility index (Phi) is 21.8. The van der Waals surface area contributed by atoms with Gasteiger partial charge in [-0.2, -0.15) is 0 Å². The zero-order valence-electron chi connectivity index (χ0n) is 28.9. The molecule has 0 radical (unpaired) electrons. The first-order valence-corrected chi connectivity index (χ1v) is 17.1. The Balaban J connectivity index is 1.95. The lowest BCUT2D eigenvalue weighted by Crippen LogP contribution is -2.52. The second-order valence-corrected chi connectivity index (χ2v) is 11.6. The molecule has 0 fully saturated rings. The summed E-state index contributed by atoms with van der Waals surface area (Å²) in [5.74, 6) is -3.39. The first-order valence-electron chi connectivity index (χ1n) is 17.1. The fraction of sp³-hybridized carbons (Fsp3) is 0.500. The molecule has 280 valence electrons. The molecular weight excluding hydrogens is 662 g/mol. The van der Waals surface area contributed by atoms with E-state index in [1.165, 1.54) is 0 Å². The lowest BCUT2D eigenvalue weighted by Gasteiger charge is -2.20. The van der Waals surface area contributed by atoms with Crippen LogP contribution in [0.25, 0.3) is 0 Å². The maximum atomic E-state index is 13.1. The number of carbonyl (C=O) groups is 6. The van der Waals surface area contributed by atoms with Crippen LogP contribution in [0.4, 0.5) is 0 Å². The Morgan fingerprint density at radius 1 is 0.569 bits per heavy atom. The van der Waals surface area contributed by atoms with Crippen LogP contribution in [0.5, 0.6) is 0 Å². The van der Waals surface area contributed by atoms with Gasteiger partial charge in [0.1, 0.15) is 18.5 Å². The van der Waals surface area contributed by atoms with Gasteiger partial charge in [-0.05, 0) is 30.4 Å². The summed E-state index contributed by atoms with van der Waals surface area (Å²) in [6, 6.07) is 15.6. The van der Waals surface area contributed by atoms with Crippen molar-refractivity contribution in [1.82, 2.24) is 26.6 Å². The minimum atomic E-state index is -1.11. The molecule has 0 saturated heterocycles. The highest BCUT2D eigenvalue weighted by Gasteiger charge is 2.26. The summed E-state index contributed by atoms with van der Waals surface area (Å²) in [6.07, 6.45) is 1.43. The van der Waals surface area contributed by atoms with E-state index in [1.807, 2.05) is 6.07 Å². The van der Waals surface area contributed by atoms with Crippen molar-refractivity contribution in [2.45, 2.75) is 57.0 Å². The number of ether oxygens (including phenoxy) is 2. The van der Waals surface area contributed by atoms with Crippen molar-refractivity contribution < 1.29 is 48.5 Å². The molecule has 51 heavy (non-hydrogen) atoms. The maximum Gasteiger partial charge on any atom is 0.243 e. The molecule has 0 aromatic heterocycles. The summed E-state index contributed by atoms with van der Waals surface area (Å²) in [4.78, 5) is 76.9. The van der Waals surface area contributed by atoms with E-state index in [4.69, 9.17) is 19.7 Å². The largest absolute Gasteiger partial charge is 0.394 e. The van der Waals surface area contributed by atoms with E-state index >= 15 is 0 Å². The molecule has 0 aliphatic rings. The maximum absolute atomic E-state index is 13.1. The van der Waals surface area contributed by atoms with Gasteiger partial charge in [-0.3, -0.25) is 28.8 Å². The Morgan fingerprint density at radius 3 is 1.57 bits per heavy atom.